The summed E-state index contributed by atoms with van der Waals surface area (Å²) in [7, 11) is 0. The second-order valence-corrected chi connectivity index (χ2v) is 35.0. The van der Waals surface area contributed by atoms with Gasteiger partial charge in [-0.15, -0.1) is 0 Å². The van der Waals surface area contributed by atoms with Crippen LogP contribution in [0.1, 0.15) is 177 Å². The summed E-state index contributed by atoms with van der Waals surface area (Å²) < 4.78 is 180. The molecule has 0 spiro atoms. The number of benzene rings is 10. The predicted octanol–water partition coefficient (Wildman–Crippen LogP) is 20.3. The first-order valence-corrected chi connectivity index (χ1v) is 54.0. The average molecular weight is 2230 g/mol. The van der Waals surface area contributed by atoms with Gasteiger partial charge < -0.3 is 131 Å². The maximum Gasteiger partial charge on any atom is 0.174 e. The van der Waals surface area contributed by atoms with E-state index in [9.17, 15) is 67.0 Å². The molecule has 4 heterocycles. The van der Waals surface area contributed by atoms with E-state index in [0.29, 0.717) is 165 Å². The fraction of sp³-hybridized carbons (Fsp3) is 0.260. The Hall–Kier alpha value is -11.7. The summed E-state index contributed by atoms with van der Waals surface area (Å²) >= 11 is 12.3. The van der Waals surface area contributed by atoms with Crippen LogP contribution < -0.4 is 78.3 Å². The van der Waals surface area contributed by atoms with Crippen molar-refractivity contribution in [2.45, 2.75) is 133 Å². The number of aldehydes is 3. The molecule has 6 atom stereocenters. The standard InChI is InChI=1S/C17H18N2O4S.C17H20N2O4S.C17H18N2O3S2.C17H20N2O3S2.C13H13ClN2O4S.C13H13ClN2O3S2.3C2H6.3H2O/c20-12-13-10-15(18-24(21)22)17(23-14-6-2-1-3-7-14)16(11-13)19-8-4-5-9-19;1-2-3-9-18-15-10-13(12-20)11-16(19-24(21)22)17(15)23-14-7-5-4-6-8-14;20-24(21)18-15-10-13(12-23)11-16(19-8-4-5-9-19)17(15)22-14-6-2-1-3-7-14;1-2-3-9-18-15-10-13(12-23)11-16(19-24(20)21)17(15)22-14-7-5-4-6-8-14;14-13-10(6-15-7-11-2-1-3-20-11)4-9(8-17)5-12(13)16-21(18)19;14-13-10(6-15-7-11-2-1-3-19-11)4-9(8-20)5-12(13)16-21(17)18;3*1-2;;;/h1-3,6-7,10-12,18H,4-5,8-9H2,(H,21,22);4-8,10-12,18-19H,2-3,9H2,1H3,(H,21,22);1-3,6-7,10-12,18H,4-5,8-9H2,(H,20,21);4-8,10-12,18-19H,2-3,9H2,1H3,(H,20,21);1-5,8,15-16H,6-7H2,(H,18,19);1-5,8,15-16H,6-7H2,(H,17,18);3*1-2H3;3*1H2/p-6. The average Bonchev–Trinajstić information content (AvgIpc) is 1.78. The highest BCUT2D eigenvalue weighted by atomic mass is 35.5. The third kappa shape index (κ3) is 45.9. The van der Waals surface area contributed by atoms with Gasteiger partial charge in [-0.2, -0.15) is 0 Å². The summed E-state index contributed by atoms with van der Waals surface area (Å²) in [5.41, 5.74) is 9.09. The van der Waals surface area contributed by atoms with Crippen LogP contribution in [0.15, 0.2) is 240 Å². The maximum absolute atomic E-state index is 11.2. The fourth-order valence-electron chi connectivity index (χ4n) is 13.4. The lowest BCUT2D eigenvalue weighted by atomic mass is 10.1. The van der Waals surface area contributed by atoms with E-state index >= 15 is 0 Å². The number of nitrogens with one attached hydrogen (secondary N) is 10. The zero-order chi connectivity index (χ0) is 105. The second kappa shape index (κ2) is 73.4. The summed E-state index contributed by atoms with van der Waals surface area (Å²) in [6.45, 7) is 23.0. The number of anilines is 10. The van der Waals surface area contributed by atoms with Crippen molar-refractivity contribution in [3.05, 3.63) is 297 Å². The zero-order valence-corrected chi connectivity index (χ0v) is 90.4. The van der Waals surface area contributed by atoms with Gasteiger partial charge in [0.25, 0.3) is 0 Å². The van der Waals surface area contributed by atoms with Crippen molar-refractivity contribution in [1.29, 1.82) is 0 Å². The minimum Gasteiger partial charge on any atom is -0.755 e. The Labute approximate surface area is 898 Å². The topological polar surface area (TPSA) is 576 Å². The molecule has 2 aromatic heterocycles. The van der Waals surface area contributed by atoms with Gasteiger partial charge in [0.1, 0.15) is 53.4 Å². The molecule has 47 heteroatoms. The molecule has 2 aliphatic heterocycles. The van der Waals surface area contributed by atoms with Crippen LogP contribution in [-0.2, 0) is 93.8 Å². The molecule has 0 radical (unpaired) electrons. The first kappa shape index (κ1) is 129. The molecule has 14 rings (SSSR count). The molecule has 0 bridgehead atoms. The van der Waals surface area contributed by atoms with E-state index in [4.69, 9.17) is 87.6 Å². The Balaban J connectivity index is 0.000000447. The summed E-state index contributed by atoms with van der Waals surface area (Å²) in [5.74, 6) is 5.62. The minimum absolute atomic E-state index is 0. The number of halogens is 2. The lowest BCUT2D eigenvalue weighted by molar-refractivity contribution is 0.111. The molecule has 2 saturated heterocycles. The van der Waals surface area contributed by atoms with Gasteiger partial charge in [0.05, 0.1) is 92.5 Å². The van der Waals surface area contributed by atoms with Crippen molar-refractivity contribution in [3.63, 3.8) is 0 Å². The van der Waals surface area contributed by atoms with Gasteiger partial charge in [-0.3, -0.25) is 39.6 Å². The van der Waals surface area contributed by atoms with Gasteiger partial charge in [0, 0.05) is 153 Å². The number of furan rings is 2. The summed E-state index contributed by atoms with van der Waals surface area (Å²) in [4.78, 5) is 37.6. The quantitative estimate of drug-likeness (QED) is 0.00734. The molecule has 0 aliphatic carbocycles. The largest absolute Gasteiger partial charge is 0.755 e. The van der Waals surface area contributed by atoms with E-state index in [1.807, 2.05) is 163 Å². The first-order valence-electron chi connectivity index (χ1n) is 45.4. The van der Waals surface area contributed by atoms with Crippen LogP contribution in [-0.4, -0.2) is 143 Å². The van der Waals surface area contributed by atoms with Crippen LogP contribution in [0.2, 0.25) is 10.0 Å². The zero-order valence-electron chi connectivity index (χ0n) is 81.5. The number of nitrogens with zero attached hydrogens (tertiary/aromatic N) is 2. The lowest BCUT2D eigenvalue weighted by Gasteiger charge is -2.25. The van der Waals surface area contributed by atoms with E-state index < -0.39 is 67.6 Å². The van der Waals surface area contributed by atoms with E-state index in [1.165, 1.54) is 34.3 Å². The highest BCUT2D eigenvalue weighted by Gasteiger charge is 2.25. The number of rotatable bonds is 44. The number of unbranched alkanes of at least 4 members (excludes halogenated alkanes) is 2. The van der Waals surface area contributed by atoms with Gasteiger partial charge in [-0.1, -0.05) is 201 Å². The Morgan fingerprint density at radius 1 is 0.340 bits per heavy atom. The number of para-hydroxylation sites is 4. The Bertz CT molecular complexity index is 5740. The molecule has 6 unspecified atom stereocenters. The number of carbonyl (C=O) groups is 3. The van der Waals surface area contributed by atoms with Crippen molar-refractivity contribution in [2.24, 2.45) is 0 Å². The van der Waals surface area contributed by atoms with E-state index in [1.54, 1.807) is 91.4 Å². The molecule has 10 aromatic carbocycles. The lowest BCUT2D eigenvalue weighted by Crippen LogP contribution is -2.19. The summed E-state index contributed by atoms with van der Waals surface area (Å²) in [5, 5.41) is 17.8. The molecular formula is C100H120Cl2N12O24S9-6. The molecule has 36 nitrogen and oxygen atoms in total. The highest BCUT2D eigenvalue weighted by molar-refractivity contribution is 7.82. The van der Waals surface area contributed by atoms with Crippen LogP contribution >= 0.6 is 59.9 Å². The highest BCUT2D eigenvalue weighted by Crippen LogP contribution is 2.46. The number of thiocarbonyl (C=S) groups is 3. The molecule has 12 aromatic rings. The van der Waals surface area contributed by atoms with Crippen LogP contribution in [0, 0.1) is 0 Å². The van der Waals surface area contributed by atoms with Gasteiger partial charge in [0.2, 0.25) is 0 Å². The van der Waals surface area contributed by atoms with Crippen LogP contribution in [0.25, 0.3) is 0 Å². The summed E-state index contributed by atoms with van der Waals surface area (Å²) in [6.07, 6.45) is 13.4. The van der Waals surface area contributed by atoms with Crippen molar-refractivity contribution < 1.29 is 111 Å². The van der Waals surface area contributed by atoms with Crippen molar-refractivity contribution in [1.82, 2.24) is 10.6 Å². The van der Waals surface area contributed by atoms with E-state index in [-0.39, 0.29) is 38.5 Å². The Morgan fingerprint density at radius 3 is 0.898 bits per heavy atom. The SMILES string of the molecule is CC.CC.CC.CCCCNc1cc(C=O)cc(NS(=O)[O-])c1Oc1ccccc1.CCCCNc1cc(C=S)cc(NS(=O)[O-])c1Oc1ccccc1.O.O.O.O=Cc1cc(CNCc2ccco2)c(Cl)c(NS(=O)[O-])c1.O=Cc1cc(NS(=O)[O-])c(Oc2ccccc2)c(N2CCCC2)c1.O=S([O-])Nc1cc(C=S)cc(CNCc2ccco2)c1Cl.O=S([O-])Nc1cc(C=S)cc(N2CCCC2)c1Oc1ccccc1. The Morgan fingerprint density at radius 2 is 0.592 bits per heavy atom. The van der Waals surface area contributed by atoms with E-state index in [0.717, 1.165) is 118 Å². The van der Waals surface area contributed by atoms with E-state index in [2.05, 4.69) is 73.2 Å². The van der Waals surface area contributed by atoms with Crippen LogP contribution in [0.4, 0.5) is 56.9 Å². The van der Waals surface area contributed by atoms with Gasteiger partial charge in [-0.25, -0.2) is 0 Å². The molecule has 0 amide bonds. The number of hydrogen-bond donors (Lipinski definition) is 10. The molecule has 798 valence electrons. The van der Waals surface area contributed by atoms with Gasteiger partial charge in [0.15, 0.2) is 23.0 Å². The predicted molar refractivity (Wildman–Crippen MR) is 598 cm³/mol. The minimum atomic E-state index is -2.53. The van der Waals surface area contributed by atoms with Crippen molar-refractivity contribution in [3.8, 4) is 46.0 Å². The third-order valence-corrected chi connectivity index (χ3v) is 23.6. The molecule has 2 aliphatic rings. The first-order chi connectivity index (χ1) is 69.8. The number of ether oxygens (including phenoxy) is 4. The normalized spacial score (nSPS) is 12.3. The fourth-order valence-corrected chi connectivity index (χ4v) is 16.4. The van der Waals surface area contributed by atoms with Crippen LogP contribution in [0.3, 0.4) is 0 Å². The maximum atomic E-state index is 11.2. The monoisotopic (exact) mass is 2230 g/mol. The Kier molecular flexibility index (Phi) is 64.6. The van der Waals surface area contributed by atoms with Crippen molar-refractivity contribution >= 4 is 219 Å². The molecule has 16 N–H and O–H groups in total. The molecule has 0 saturated carbocycles. The smallest absolute Gasteiger partial charge is 0.174 e. The molecular weight excluding hydrogens is 2110 g/mol. The number of hydrogen-bond acceptors (Lipinski definition) is 30. The second-order valence-electron chi connectivity index (χ2n) is 29.5. The third-order valence-electron chi connectivity index (χ3n) is 19.5. The van der Waals surface area contributed by atoms with Gasteiger partial charge in [-0.05, 0) is 212 Å². The van der Waals surface area contributed by atoms with Gasteiger partial charge >= 0.3 is 0 Å². The molecule has 2 fully saturated rings. The summed E-state index contributed by atoms with van der Waals surface area (Å²) in [6, 6.07) is 63.7. The van der Waals surface area contributed by atoms with Crippen molar-refractivity contribution in [2.75, 3.05) is 88.0 Å². The van der Waals surface area contributed by atoms with Crippen LogP contribution in [0.5, 0.6) is 46.0 Å². The molecule has 147 heavy (non-hydrogen) atoms. The number of carbonyl (C=O) groups excluding carboxylic acids is 3.